The van der Waals surface area contributed by atoms with E-state index in [4.69, 9.17) is 4.98 Å². The molecule has 0 unspecified atom stereocenters. The maximum absolute atomic E-state index is 4.84. The van der Waals surface area contributed by atoms with Gasteiger partial charge in [-0.2, -0.15) is 0 Å². The second kappa shape index (κ2) is 6.44. The molecule has 3 aromatic rings. The Bertz CT molecular complexity index is 811. The van der Waals surface area contributed by atoms with Gasteiger partial charge in [0.25, 0.3) is 0 Å². The van der Waals surface area contributed by atoms with E-state index in [9.17, 15) is 0 Å². The highest BCUT2D eigenvalue weighted by molar-refractivity contribution is 5.78. The van der Waals surface area contributed by atoms with Gasteiger partial charge < -0.3 is 4.90 Å². The molecule has 3 rings (SSSR count). The van der Waals surface area contributed by atoms with Crippen LogP contribution in [0.4, 0.5) is 5.82 Å². The van der Waals surface area contributed by atoms with Crippen molar-refractivity contribution in [2.45, 2.75) is 6.92 Å². The molecule has 1 heterocycles. The summed E-state index contributed by atoms with van der Waals surface area (Å²) in [6.07, 6.45) is 1.80. The van der Waals surface area contributed by atoms with Crippen LogP contribution in [-0.2, 0) is 0 Å². The van der Waals surface area contributed by atoms with Crippen molar-refractivity contribution in [3.8, 4) is 22.5 Å². The van der Waals surface area contributed by atoms with Crippen molar-refractivity contribution in [1.29, 1.82) is 0 Å². The van der Waals surface area contributed by atoms with Crippen LogP contribution in [0.15, 0.2) is 79.1 Å². The first-order valence-corrected chi connectivity index (χ1v) is 7.54. The Morgan fingerprint density at radius 3 is 1.91 bits per heavy atom. The number of rotatable bonds is 4. The van der Waals surface area contributed by atoms with Gasteiger partial charge in [0.05, 0.1) is 17.6 Å². The Hall–Kier alpha value is -2.94. The van der Waals surface area contributed by atoms with Gasteiger partial charge in [0.1, 0.15) is 0 Å². The zero-order valence-corrected chi connectivity index (χ0v) is 13.4. The molecule has 1 aromatic heterocycles. The van der Waals surface area contributed by atoms with Gasteiger partial charge in [-0.05, 0) is 6.92 Å². The Balaban J connectivity index is 2.19. The summed E-state index contributed by atoms with van der Waals surface area (Å²) in [5, 5.41) is 0. The van der Waals surface area contributed by atoms with E-state index in [1.54, 1.807) is 6.20 Å². The predicted molar refractivity (Wildman–Crippen MR) is 96.1 cm³/mol. The number of aromatic nitrogens is 2. The van der Waals surface area contributed by atoms with E-state index in [1.165, 1.54) is 0 Å². The van der Waals surface area contributed by atoms with Crippen molar-refractivity contribution in [2.75, 3.05) is 11.9 Å². The minimum Gasteiger partial charge on any atom is -0.333 e. The van der Waals surface area contributed by atoms with Crippen molar-refractivity contribution in [3.63, 3.8) is 0 Å². The topological polar surface area (TPSA) is 29.0 Å². The third-order valence-electron chi connectivity index (χ3n) is 3.77. The van der Waals surface area contributed by atoms with Crippen LogP contribution in [-0.4, -0.2) is 17.0 Å². The number of anilines is 1. The van der Waals surface area contributed by atoms with E-state index in [-0.39, 0.29) is 0 Å². The Kier molecular flexibility index (Phi) is 4.20. The first-order valence-electron chi connectivity index (χ1n) is 7.54. The zero-order chi connectivity index (χ0) is 16.2. The van der Waals surface area contributed by atoms with Gasteiger partial charge in [0.15, 0.2) is 5.82 Å². The fourth-order valence-corrected chi connectivity index (χ4v) is 2.34. The van der Waals surface area contributed by atoms with Crippen LogP contribution in [0.1, 0.15) is 6.92 Å². The molecule has 0 N–H and O–H groups in total. The fourth-order valence-electron chi connectivity index (χ4n) is 2.34. The maximum atomic E-state index is 4.84. The molecule has 0 amide bonds. The number of allylic oxidation sites excluding steroid dienone is 1. The molecule has 3 nitrogen and oxygen atoms in total. The van der Waals surface area contributed by atoms with Gasteiger partial charge in [-0.15, -0.1) is 0 Å². The van der Waals surface area contributed by atoms with Crippen LogP contribution in [0.3, 0.4) is 0 Å². The molecule has 0 atom stereocenters. The molecule has 0 aliphatic heterocycles. The van der Waals surface area contributed by atoms with Crippen molar-refractivity contribution in [2.24, 2.45) is 0 Å². The quantitative estimate of drug-likeness (QED) is 0.694. The van der Waals surface area contributed by atoms with Gasteiger partial charge in [-0.3, -0.25) is 4.98 Å². The molecule has 2 aromatic carbocycles. The number of benzene rings is 2. The first kappa shape index (κ1) is 15.0. The maximum Gasteiger partial charge on any atom is 0.151 e. The molecule has 3 heteroatoms. The summed E-state index contributed by atoms with van der Waals surface area (Å²) in [5.74, 6) is 0.788. The summed E-state index contributed by atoms with van der Waals surface area (Å²) >= 11 is 0. The average molecular weight is 301 g/mol. The third-order valence-corrected chi connectivity index (χ3v) is 3.77. The van der Waals surface area contributed by atoms with Gasteiger partial charge in [-0.1, -0.05) is 67.2 Å². The Morgan fingerprint density at radius 2 is 1.39 bits per heavy atom. The van der Waals surface area contributed by atoms with Gasteiger partial charge in [0.2, 0.25) is 0 Å². The lowest BCUT2D eigenvalue weighted by Crippen LogP contribution is -2.15. The minimum absolute atomic E-state index is 0.788. The molecule has 0 radical (unpaired) electrons. The average Bonchev–Trinajstić information content (AvgIpc) is 2.62. The molecule has 0 saturated heterocycles. The Morgan fingerprint density at radius 1 is 0.870 bits per heavy atom. The lowest BCUT2D eigenvalue weighted by Gasteiger charge is -2.19. The molecule has 0 aliphatic carbocycles. The molecule has 0 bridgehead atoms. The van der Waals surface area contributed by atoms with Crippen LogP contribution in [0.5, 0.6) is 0 Å². The smallest absolute Gasteiger partial charge is 0.151 e. The molecule has 0 fully saturated rings. The summed E-state index contributed by atoms with van der Waals surface area (Å²) in [7, 11) is 1.95. The zero-order valence-electron chi connectivity index (χ0n) is 13.4. The molecule has 0 spiro atoms. The van der Waals surface area contributed by atoms with E-state index in [0.29, 0.717) is 0 Å². The van der Waals surface area contributed by atoms with E-state index >= 15 is 0 Å². The summed E-state index contributed by atoms with van der Waals surface area (Å²) in [4.78, 5) is 11.5. The van der Waals surface area contributed by atoms with Crippen molar-refractivity contribution < 1.29 is 0 Å². The van der Waals surface area contributed by atoms with Crippen molar-refractivity contribution >= 4 is 5.82 Å². The highest BCUT2D eigenvalue weighted by atomic mass is 15.2. The van der Waals surface area contributed by atoms with E-state index in [2.05, 4.69) is 35.8 Å². The summed E-state index contributed by atoms with van der Waals surface area (Å²) < 4.78 is 0. The number of nitrogens with zero attached hydrogens (tertiary/aromatic N) is 3. The van der Waals surface area contributed by atoms with Crippen LogP contribution in [0.25, 0.3) is 22.5 Å². The SMILES string of the molecule is C=C(C)N(C)c1cnc(-c2ccccc2)c(-c2ccccc2)n1. The summed E-state index contributed by atoms with van der Waals surface area (Å²) in [5.41, 5.74) is 4.79. The van der Waals surface area contributed by atoms with Gasteiger partial charge >= 0.3 is 0 Å². The highest BCUT2D eigenvalue weighted by Crippen LogP contribution is 2.30. The predicted octanol–water partition coefficient (Wildman–Crippen LogP) is 4.78. The minimum atomic E-state index is 0.788. The largest absolute Gasteiger partial charge is 0.333 e. The molecule has 114 valence electrons. The summed E-state index contributed by atoms with van der Waals surface area (Å²) in [6.45, 7) is 5.93. The van der Waals surface area contributed by atoms with Crippen LogP contribution >= 0.6 is 0 Å². The first-order chi connectivity index (χ1) is 11.2. The van der Waals surface area contributed by atoms with Gasteiger partial charge in [0, 0.05) is 23.9 Å². The Labute approximate surface area is 137 Å². The standard InChI is InChI=1S/C20H19N3/c1-15(2)23(3)18-14-21-19(16-10-6-4-7-11-16)20(22-18)17-12-8-5-9-13-17/h4-14H,1H2,2-3H3. The van der Waals surface area contributed by atoms with Crippen LogP contribution in [0, 0.1) is 0 Å². The second-order valence-corrected chi connectivity index (χ2v) is 5.45. The molecule has 0 saturated carbocycles. The number of hydrogen-bond acceptors (Lipinski definition) is 3. The fraction of sp³-hybridized carbons (Fsp3) is 0.100. The van der Waals surface area contributed by atoms with E-state index < -0.39 is 0 Å². The molecular weight excluding hydrogens is 282 g/mol. The lowest BCUT2D eigenvalue weighted by atomic mass is 10.0. The molecular formula is C20H19N3. The normalized spacial score (nSPS) is 10.3. The van der Waals surface area contributed by atoms with E-state index in [0.717, 1.165) is 34.0 Å². The van der Waals surface area contributed by atoms with Crippen molar-refractivity contribution in [3.05, 3.63) is 79.1 Å². The lowest BCUT2D eigenvalue weighted by molar-refractivity contribution is 1.03. The van der Waals surface area contributed by atoms with E-state index in [1.807, 2.05) is 55.3 Å². The van der Waals surface area contributed by atoms with Crippen LogP contribution in [0.2, 0.25) is 0 Å². The molecule has 23 heavy (non-hydrogen) atoms. The second-order valence-electron chi connectivity index (χ2n) is 5.45. The van der Waals surface area contributed by atoms with Crippen LogP contribution < -0.4 is 4.90 Å². The van der Waals surface area contributed by atoms with Gasteiger partial charge in [-0.25, -0.2) is 4.98 Å². The summed E-state index contributed by atoms with van der Waals surface area (Å²) in [6, 6.07) is 20.3. The van der Waals surface area contributed by atoms with Crippen molar-refractivity contribution in [1.82, 2.24) is 9.97 Å². The monoisotopic (exact) mass is 301 g/mol. The number of hydrogen-bond donors (Lipinski definition) is 0. The third kappa shape index (κ3) is 3.14. The molecule has 0 aliphatic rings. The highest BCUT2D eigenvalue weighted by Gasteiger charge is 2.13.